The number of nitrogens with one attached hydrogen (secondary N) is 2. The van der Waals surface area contributed by atoms with Crippen molar-refractivity contribution in [2.45, 2.75) is 46.1 Å². The second-order valence-electron chi connectivity index (χ2n) is 5.52. The van der Waals surface area contributed by atoms with Gasteiger partial charge >= 0.3 is 0 Å². The fraction of sp³-hybridized carbons (Fsp3) is 0.667. The van der Waals surface area contributed by atoms with Crippen LogP contribution in [0.3, 0.4) is 0 Å². The smallest absolute Gasteiger partial charge is 0.257 e. The second kappa shape index (κ2) is 4.05. The van der Waals surface area contributed by atoms with Gasteiger partial charge in [-0.15, -0.1) is 0 Å². The lowest BCUT2D eigenvalue weighted by Gasteiger charge is -2.27. The molecule has 17 heavy (non-hydrogen) atoms. The Morgan fingerprint density at radius 2 is 2.29 bits per heavy atom. The number of H-pyrrole nitrogens is 1. The number of carbonyl (C=O) groups is 1. The highest BCUT2D eigenvalue weighted by molar-refractivity contribution is 5.99. The fourth-order valence-electron chi connectivity index (χ4n) is 2.56. The van der Waals surface area contributed by atoms with Crippen molar-refractivity contribution in [3.63, 3.8) is 0 Å². The molecule has 0 aromatic carbocycles. The molecule has 1 atom stereocenters. The summed E-state index contributed by atoms with van der Waals surface area (Å²) in [7, 11) is 0. The SMILES string of the molecule is Cc1[nH]nc(N)c1C(=O)NC1CCCC1(C)C. The Morgan fingerprint density at radius 1 is 1.59 bits per heavy atom. The van der Waals surface area contributed by atoms with Crippen LogP contribution in [0.5, 0.6) is 0 Å². The van der Waals surface area contributed by atoms with Crippen LogP contribution in [0.1, 0.15) is 49.2 Å². The molecule has 2 rings (SSSR count). The molecule has 1 fully saturated rings. The van der Waals surface area contributed by atoms with Crippen LogP contribution in [0, 0.1) is 12.3 Å². The topological polar surface area (TPSA) is 83.8 Å². The van der Waals surface area contributed by atoms with Crippen LogP contribution in [0.2, 0.25) is 0 Å². The monoisotopic (exact) mass is 236 g/mol. The first-order valence-electron chi connectivity index (χ1n) is 6.03. The molecule has 0 bridgehead atoms. The van der Waals surface area contributed by atoms with Crippen molar-refractivity contribution >= 4 is 11.7 Å². The summed E-state index contributed by atoms with van der Waals surface area (Å²) in [6.07, 6.45) is 3.35. The van der Waals surface area contributed by atoms with Crippen molar-refractivity contribution in [2.75, 3.05) is 5.73 Å². The van der Waals surface area contributed by atoms with Gasteiger partial charge in [-0.05, 0) is 25.2 Å². The molecule has 4 N–H and O–H groups in total. The predicted molar refractivity (Wildman–Crippen MR) is 66.6 cm³/mol. The number of nitrogens with zero attached hydrogens (tertiary/aromatic N) is 1. The number of rotatable bonds is 2. The molecule has 1 aromatic heterocycles. The number of hydrogen-bond acceptors (Lipinski definition) is 3. The Kier molecular flexibility index (Phi) is 2.85. The lowest BCUT2D eigenvalue weighted by molar-refractivity contribution is 0.0910. The van der Waals surface area contributed by atoms with Gasteiger partial charge in [-0.2, -0.15) is 5.10 Å². The molecule has 5 nitrogen and oxygen atoms in total. The number of nitrogens with two attached hydrogens (primary N) is 1. The van der Waals surface area contributed by atoms with Gasteiger partial charge in [-0.25, -0.2) is 0 Å². The molecule has 1 heterocycles. The number of carbonyl (C=O) groups excluding carboxylic acids is 1. The van der Waals surface area contributed by atoms with E-state index < -0.39 is 0 Å². The van der Waals surface area contributed by atoms with E-state index in [9.17, 15) is 4.79 Å². The maximum Gasteiger partial charge on any atom is 0.257 e. The predicted octanol–water partition coefficient (Wildman–Crippen LogP) is 1.61. The van der Waals surface area contributed by atoms with Crippen molar-refractivity contribution in [2.24, 2.45) is 5.41 Å². The van der Waals surface area contributed by atoms with Gasteiger partial charge in [0.1, 0.15) is 5.56 Å². The van der Waals surface area contributed by atoms with E-state index in [1.165, 1.54) is 0 Å². The third-order valence-electron chi connectivity index (χ3n) is 3.76. The molecule has 0 aliphatic heterocycles. The summed E-state index contributed by atoms with van der Waals surface area (Å²) >= 11 is 0. The molecule has 5 heteroatoms. The summed E-state index contributed by atoms with van der Waals surface area (Å²) in [5.74, 6) is 0.157. The number of amides is 1. The van der Waals surface area contributed by atoms with Gasteiger partial charge in [0, 0.05) is 11.7 Å². The standard InChI is InChI=1S/C12H20N4O/c1-7-9(10(13)16-15-7)11(17)14-8-5-4-6-12(8,2)3/h8H,4-6H2,1-3H3,(H,14,17)(H3,13,15,16). The summed E-state index contributed by atoms with van der Waals surface area (Å²) in [5, 5.41) is 9.64. The van der Waals surface area contributed by atoms with Crippen LogP contribution in [-0.4, -0.2) is 22.1 Å². The lowest BCUT2D eigenvalue weighted by Crippen LogP contribution is -2.41. The highest BCUT2D eigenvalue weighted by Gasteiger charge is 2.36. The average Bonchev–Trinajstić information content (AvgIpc) is 2.71. The van der Waals surface area contributed by atoms with Crippen molar-refractivity contribution in [3.8, 4) is 0 Å². The molecule has 1 amide bonds. The second-order valence-corrected chi connectivity index (χ2v) is 5.52. The number of aryl methyl sites for hydroxylation is 1. The molecule has 1 aliphatic rings. The van der Waals surface area contributed by atoms with Crippen molar-refractivity contribution in [1.29, 1.82) is 0 Å². The van der Waals surface area contributed by atoms with Crippen molar-refractivity contribution < 1.29 is 4.79 Å². The van der Waals surface area contributed by atoms with Crippen LogP contribution in [0.4, 0.5) is 5.82 Å². The van der Waals surface area contributed by atoms with Gasteiger partial charge in [0.2, 0.25) is 0 Å². The summed E-state index contributed by atoms with van der Waals surface area (Å²) in [5.41, 5.74) is 7.05. The van der Waals surface area contributed by atoms with E-state index >= 15 is 0 Å². The van der Waals surface area contributed by atoms with E-state index in [0.29, 0.717) is 5.56 Å². The summed E-state index contributed by atoms with van der Waals surface area (Å²) in [6, 6.07) is 0.226. The summed E-state index contributed by atoms with van der Waals surface area (Å²) in [6.45, 7) is 6.19. The van der Waals surface area contributed by atoms with Crippen LogP contribution in [0.15, 0.2) is 0 Å². The molecule has 0 saturated heterocycles. The van der Waals surface area contributed by atoms with E-state index in [4.69, 9.17) is 5.73 Å². The average molecular weight is 236 g/mol. The third-order valence-corrected chi connectivity index (χ3v) is 3.76. The Labute approximate surface area is 101 Å². The fourth-order valence-corrected chi connectivity index (χ4v) is 2.56. The van der Waals surface area contributed by atoms with Crippen LogP contribution in [0.25, 0.3) is 0 Å². The van der Waals surface area contributed by atoms with E-state index in [0.717, 1.165) is 25.0 Å². The molecule has 1 unspecified atom stereocenters. The largest absolute Gasteiger partial charge is 0.382 e. The highest BCUT2D eigenvalue weighted by Crippen LogP contribution is 2.37. The zero-order chi connectivity index (χ0) is 12.6. The molecule has 1 aromatic rings. The molecule has 0 spiro atoms. The summed E-state index contributed by atoms with van der Waals surface area (Å²) in [4.78, 5) is 12.1. The van der Waals surface area contributed by atoms with Gasteiger partial charge in [-0.1, -0.05) is 20.3 Å². The quantitative estimate of drug-likeness (QED) is 0.729. The van der Waals surface area contributed by atoms with E-state index in [1.54, 1.807) is 6.92 Å². The normalized spacial score (nSPS) is 22.6. The molecular formula is C12H20N4O. The molecule has 94 valence electrons. The Hall–Kier alpha value is -1.52. The minimum absolute atomic E-state index is 0.117. The number of aromatic nitrogens is 2. The van der Waals surface area contributed by atoms with Crippen LogP contribution < -0.4 is 11.1 Å². The first kappa shape index (κ1) is 12.0. The number of aromatic amines is 1. The minimum Gasteiger partial charge on any atom is -0.382 e. The van der Waals surface area contributed by atoms with E-state index in [1.807, 2.05) is 0 Å². The third kappa shape index (κ3) is 2.14. The molecule has 1 saturated carbocycles. The lowest BCUT2D eigenvalue weighted by atomic mass is 9.87. The molecular weight excluding hydrogens is 216 g/mol. The van der Waals surface area contributed by atoms with E-state index in [2.05, 4.69) is 29.4 Å². The van der Waals surface area contributed by atoms with Gasteiger partial charge in [-0.3, -0.25) is 9.89 Å². The van der Waals surface area contributed by atoms with Crippen LogP contribution in [-0.2, 0) is 0 Å². The zero-order valence-electron chi connectivity index (χ0n) is 10.6. The highest BCUT2D eigenvalue weighted by atomic mass is 16.1. The Bertz CT molecular complexity index is 416. The zero-order valence-corrected chi connectivity index (χ0v) is 10.6. The van der Waals surface area contributed by atoms with Gasteiger partial charge in [0.25, 0.3) is 5.91 Å². The van der Waals surface area contributed by atoms with Gasteiger partial charge < -0.3 is 11.1 Å². The van der Waals surface area contributed by atoms with Gasteiger partial charge in [0.15, 0.2) is 5.82 Å². The number of hydrogen-bond donors (Lipinski definition) is 3. The maximum atomic E-state index is 12.1. The molecule has 1 aliphatic carbocycles. The van der Waals surface area contributed by atoms with Crippen molar-refractivity contribution in [1.82, 2.24) is 15.5 Å². The first-order valence-corrected chi connectivity index (χ1v) is 6.03. The maximum absolute atomic E-state index is 12.1. The number of anilines is 1. The van der Waals surface area contributed by atoms with Crippen molar-refractivity contribution in [3.05, 3.63) is 11.3 Å². The first-order chi connectivity index (χ1) is 7.92. The summed E-state index contributed by atoms with van der Waals surface area (Å²) < 4.78 is 0. The van der Waals surface area contributed by atoms with Gasteiger partial charge in [0.05, 0.1) is 0 Å². The Morgan fingerprint density at radius 3 is 2.76 bits per heavy atom. The van der Waals surface area contributed by atoms with E-state index in [-0.39, 0.29) is 23.2 Å². The Balaban J connectivity index is 2.13. The molecule has 0 radical (unpaired) electrons. The van der Waals surface area contributed by atoms with Crippen LogP contribution >= 0.6 is 0 Å². The minimum atomic E-state index is -0.117. The number of nitrogen functional groups attached to an aromatic ring is 1.